The van der Waals surface area contributed by atoms with Crippen molar-refractivity contribution in [1.82, 2.24) is 0 Å². The monoisotopic (exact) mass is 299 g/mol. The lowest BCUT2D eigenvalue weighted by atomic mass is 9.98. The molecule has 1 unspecified atom stereocenters. The Bertz CT molecular complexity index is 626. The number of carbonyl (C=O) groups excluding carboxylic acids is 1. The number of hydrogen-bond acceptors (Lipinski definition) is 4. The maximum atomic E-state index is 11.8. The van der Waals surface area contributed by atoms with E-state index in [1.165, 1.54) is 22.3 Å². The molecular weight excluding hydrogens is 282 g/mol. The van der Waals surface area contributed by atoms with E-state index in [0.717, 1.165) is 0 Å². The first-order valence-corrected chi connectivity index (χ1v) is 7.47. The van der Waals surface area contributed by atoms with Gasteiger partial charge in [-0.2, -0.15) is 12.6 Å². The summed E-state index contributed by atoms with van der Waals surface area (Å²) in [7, 11) is 0. The first-order chi connectivity index (χ1) is 10.2. The van der Waals surface area contributed by atoms with E-state index in [1.807, 2.05) is 24.3 Å². The summed E-state index contributed by atoms with van der Waals surface area (Å²) in [6.45, 7) is 0.504. The molecule has 21 heavy (non-hydrogen) atoms. The Morgan fingerprint density at radius 2 is 1.62 bits per heavy atom. The van der Waals surface area contributed by atoms with Gasteiger partial charge in [0.1, 0.15) is 11.9 Å². The van der Waals surface area contributed by atoms with Gasteiger partial charge in [-0.15, -0.1) is 0 Å². The molecule has 108 valence electrons. The maximum absolute atomic E-state index is 11.8. The Morgan fingerprint density at radius 1 is 1.10 bits per heavy atom. The van der Waals surface area contributed by atoms with Gasteiger partial charge in [0.2, 0.25) is 0 Å². The first-order valence-electron chi connectivity index (χ1n) is 6.95. The number of ether oxygens (including phenoxy) is 1. The van der Waals surface area contributed by atoms with Crippen LogP contribution in [-0.2, 0) is 9.53 Å². The van der Waals surface area contributed by atoms with Crippen LogP contribution in [-0.4, -0.2) is 24.4 Å². The first kappa shape index (κ1) is 14.2. The summed E-state index contributed by atoms with van der Waals surface area (Å²) in [5.41, 5.74) is 10.3. The molecule has 0 bridgehead atoms. The van der Waals surface area contributed by atoms with Crippen LogP contribution in [0.3, 0.4) is 0 Å². The Labute approximate surface area is 129 Å². The highest BCUT2D eigenvalue weighted by Gasteiger charge is 2.29. The summed E-state index contributed by atoms with van der Waals surface area (Å²) < 4.78 is 5.40. The topological polar surface area (TPSA) is 52.3 Å². The van der Waals surface area contributed by atoms with E-state index in [0.29, 0.717) is 6.61 Å². The summed E-state index contributed by atoms with van der Waals surface area (Å²) in [6, 6.07) is 16.5. The van der Waals surface area contributed by atoms with Gasteiger partial charge >= 0.3 is 5.97 Å². The molecule has 0 heterocycles. The van der Waals surface area contributed by atoms with Crippen LogP contribution in [0.4, 0.5) is 0 Å². The van der Waals surface area contributed by atoms with E-state index in [9.17, 15) is 4.79 Å². The molecule has 4 heteroatoms. The predicted octanol–water partition coefficient (Wildman–Crippen LogP) is 2.60. The Balaban J connectivity index is 1.87. The van der Waals surface area contributed by atoms with Crippen LogP contribution < -0.4 is 5.73 Å². The zero-order valence-corrected chi connectivity index (χ0v) is 12.4. The zero-order chi connectivity index (χ0) is 14.8. The summed E-state index contributed by atoms with van der Waals surface area (Å²) in [5.74, 6) is -0.276. The van der Waals surface area contributed by atoms with Crippen molar-refractivity contribution in [3.63, 3.8) is 0 Å². The van der Waals surface area contributed by atoms with Gasteiger partial charge in [-0.05, 0) is 22.3 Å². The van der Waals surface area contributed by atoms with Crippen molar-refractivity contribution in [2.24, 2.45) is 5.73 Å². The second-order valence-electron chi connectivity index (χ2n) is 5.11. The van der Waals surface area contributed by atoms with Gasteiger partial charge in [-0.25, -0.2) is 0 Å². The molecule has 2 N–H and O–H groups in total. The van der Waals surface area contributed by atoms with Crippen molar-refractivity contribution in [3.8, 4) is 11.1 Å². The van der Waals surface area contributed by atoms with E-state index >= 15 is 0 Å². The Morgan fingerprint density at radius 3 is 2.14 bits per heavy atom. The molecule has 3 nitrogen and oxygen atoms in total. The van der Waals surface area contributed by atoms with Crippen molar-refractivity contribution in [2.45, 2.75) is 11.2 Å². The van der Waals surface area contributed by atoms with Gasteiger partial charge in [0.25, 0.3) is 0 Å². The van der Waals surface area contributed by atoms with Gasteiger partial charge in [-0.1, -0.05) is 48.5 Å². The summed E-state index contributed by atoms with van der Waals surface area (Å²) in [4.78, 5) is 11.8. The van der Waals surface area contributed by atoms with Crippen molar-refractivity contribution in [1.29, 1.82) is 0 Å². The fraction of sp³-hybridized carbons (Fsp3) is 0.235. The summed E-state index contributed by atoms with van der Waals surface area (Å²) in [5, 5.41) is -0.558. The lowest BCUT2D eigenvalue weighted by molar-refractivity contribution is -0.143. The van der Waals surface area contributed by atoms with Crippen molar-refractivity contribution in [2.75, 3.05) is 13.2 Å². The molecular formula is C17H17NO2S. The molecule has 1 aliphatic carbocycles. The number of nitrogens with two attached hydrogens (primary N) is 1. The van der Waals surface area contributed by atoms with Crippen LogP contribution in [0, 0.1) is 0 Å². The number of carbonyl (C=O) groups is 1. The molecule has 0 aliphatic heterocycles. The highest BCUT2D eigenvalue weighted by Crippen LogP contribution is 2.44. The van der Waals surface area contributed by atoms with E-state index < -0.39 is 5.25 Å². The molecule has 2 aromatic carbocycles. The van der Waals surface area contributed by atoms with Crippen LogP contribution >= 0.6 is 12.6 Å². The van der Waals surface area contributed by atoms with Crippen LogP contribution in [0.2, 0.25) is 0 Å². The van der Waals surface area contributed by atoms with Gasteiger partial charge < -0.3 is 10.5 Å². The van der Waals surface area contributed by atoms with E-state index in [1.54, 1.807) is 0 Å². The third-order valence-electron chi connectivity index (χ3n) is 3.85. The zero-order valence-electron chi connectivity index (χ0n) is 11.5. The van der Waals surface area contributed by atoms with Crippen molar-refractivity contribution < 1.29 is 9.53 Å². The summed E-state index contributed by atoms with van der Waals surface area (Å²) in [6.07, 6.45) is 0. The molecule has 0 aromatic heterocycles. The van der Waals surface area contributed by atoms with Crippen LogP contribution in [0.25, 0.3) is 11.1 Å². The lowest BCUT2D eigenvalue weighted by Gasteiger charge is -2.15. The van der Waals surface area contributed by atoms with Crippen LogP contribution in [0.5, 0.6) is 0 Å². The molecule has 0 radical (unpaired) electrons. The smallest absolute Gasteiger partial charge is 0.320 e. The van der Waals surface area contributed by atoms with Crippen molar-refractivity contribution >= 4 is 18.6 Å². The number of benzene rings is 2. The number of rotatable bonds is 4. The highest BCUT2D eigenvalue weighted by atomic mass is 32.1. The molecule has 0 saturated heterocycles. The summed E-state index contributed by atoms with van der Waals surface area (Å²) >= 11 is 4.11. The molecule has 2 aromatic rings. The van der Waals surface area contributed by atoms with E-state index in [4.69, 9.17) is 10.5 Å². The second kappa shape index (κ2) is 5.92. The van der Waals surface area contributed by atoms with Crippen LogP contribution in [0.15, 0.2) is 48.5 Å². The average molecular weight is 299 g/mol. The number of esters is 1. The largest absolute Gasteiger partial charge is 0.464 e. The number of fused-ring (bicyclic) bond motifs is 3. The quantitative estimate of drug-likeness (QED) is 0.674. The fourth-order valence-electron chi connectivity index (χ4n) is 2.80. The van der Waals surface area contributed by atoms with Crippen LogP contribution in [0.1, 0.15) is 17.0 Å². The molecule has 1 aliphatic rings. The van der Waals surface area contributed by atoms with Gasteiger partial charge in [0, 0.05) is 12.5 Å². The van der Waals surface area contributed by atoms with Gasteiger partial charge in [-0.3, -0.25) is 4.79 Å². The Kier molecular flexibility index (Phi) is 3.99. The standard InChI is InChI=1S/C17H17NO2S/c18-9-16(21)17(19)20-10-15-13-7-3-1-5-11(13)12-6-2-4-8-14(12)15/h1-8,15-16,21H,9-10,18H2. The minimum atomic E-state index is -0.558. The maximum Gasteiger partial charge on any atom is 0.320 e. The molecule has 0 spiro atoms. The number of hydrogen-bond donors (Lipinski definition) is 2. The predicted molar refractivity (Wildman–Crippen MR) is 86.5 cm³/mol. The molecule has 0 amide bonds. The molecule has 1 atom stereocenters. The minimum absolute atomic E-state index is 0.0830. The molecule has 0 saturated carbocycles. The second-order valence-corrected chi connectivity index (χ2v) is 5.73. The third kappa shape index (κ3) is 2.57. The third-order valence-corrected chi connectivity index (χ3v) is 4.27. The van der Waals surface area contributed by atoms with E-state index in [-0.39, 0.29) is 18.4 Å². The molecule has 3 rings (SSSR count). The fourth-order valence-corrected chi connectivity index (χ4v) is 2.87. The Hall–Kier alpha value is -1.78. The highest BCUT2D eigenvalue weighted by molar-refractivity contribution is 7.81. The average Bonchev–Trinajstić information content (AvgIpc) is 2.86. The van der Waals surface area contributed by atoms with Crippen molar-refractivity contribution in [3.05, 3.63) is 59.7 Å². The van der Waals surface area contributed by atoms with E-state index in [2.05, 4.69) is 36.9 Å². The normalized spacial score (nSPS) is 14.4. The van der Waals surface area contributed by atoms with Gasteiger partial charge in [0.15, 0.2) is 0 Å². The number of thiol groups is 1. The molecule has 0 fully saturated rings. The minimum Gasteiger partial charge on any atom is -0.464 e. The van der Waals surface area contributed by atoms with Gasteiger partial charge in [0.05, 0.1) is 0 Å². The lowest BCUT2D eigenvalue weighted by Crippen LogP contribution is -2.27. The SMILES string of the molecule is NCC(S)C(=O)OCC1c2ccccc2-c2ccccc21.